The number of aromatic nitrogens is 4. The van der Waals surface area contributed by atoms with Gasteiger partial charge in [-0.2, -0.15) is 0 Å². The molecule has 0 unspecified atom stereocenters. The minimum atomic E-state index is -2.61. The number of carbonyl (C=O) groups is 1. The predicted octanol–water partition coefficient (Wildman–Crippen LogP) is 6.02. The summed E-state index contributed by atoms with van der Waals surface area (Å²) in [4.78, 5) is 31.9. The first kappa shape index (κ1) is 30.7. The summed E-state index contributed by atoms with van der Waals surface area (Å²) in [6, 6.07) is 13.6. The minimum absolute atomic E-state index is 0.271. The van der Waals surface area contributed by atoms with Crippen molar-refractivity contribution in [2.24, 2.45) is 0 Å². The van der Waals surface area contributed by atoms with Gasteiger partial charge in [0.2, 0.25) is 0 Å². The molecule has 0 bridgehead atoms. The lowest BCUT2D eigenvalue weighted by atomic mass is 10.1. The number of aldehydes is 1. The maximum atomic E-state index is 12.8. The highest BCUT2D eigenvalue weighted by molar-refractivity contribution is 6.31. The van der Waals surface area contributed by atoms with Crippen molar-refractivity contribution in [1.29, 1.82) is 0 Å². The van der Waals surface area contributed by atoms with Crippen molar-refractivity contribution < 1.29 is 23.0 Å². The van der Waals surface area contributed by atoms with Crippen molar-refractivity contribution in [2.75, 3.05) is 62.4 Å². The number of ether oxygens (including phenoxy) is 2. The molecule has 0 saturated carbocycles. The van der Waals surface area contributed by atoms with E-state index in [0.717, 1.165) is 55.4 Å². The fourth-order valence-electron chi connectivity index (χ4n) is 4.57. The number of alkyl halides is 2. The average molecular weight is 629 g/mol. The number of morpholine rings is 2. The molecule has 2 fully saturated rings. The van der Waals surface area contributed by atoms with Crippen LogP contribution >= 0.6 is 23.2 Å². The van der Waals surface area contributed by atoms with E-state index in [1.165, 1.54) is 12.3 Å². The first-order chi connectivity index (χ1) is 20.9. The number of halogens is 4. The van der Waals surface area contributed by atoms with Crippen LogP contribution in [0.3, 0.4) is 0 Å². The highest BCUT2D eigenvalue weighted by atomic mass is 35.5. The van der Waals surface area contributed by atoms with Gasteiger partial charge in [0.25, 0.3) is 6.43 Å². The topological polar surface area (TPSA) is 93.6 Å². The summed E-state index contributed by atoms with van der Waals surface area (Å²) in [7, 11) is 0. The molecule has 0 N–H and O–H groups in total. The van der Waals surface area contributed by atoms with Gasteiger partial charge in [-0.1, -0.05) is 23.2 Å². The van der Waals surface area contributed by atoms with Crippen LogP contribution in [-0.4, -0.2) is 78.8 Å². The van der Waals surface area contributed by atoms with Gasteiger partial charge in [0.1, 0.15) is 23.0 Å². The van der Waals surface area contributed by atoms with Gasteiger partial charge in [0.05, 0.1) is 37.8 Å². The lowest BCUT2D eigenvalue weighted by molar-refractivity contribution is 0.111. The van der Waals surface area contributed by atoms with E-state index in [0.29, 0.717) is 53.4 Å². The van der Waals surface area contributed by atoms with Gasteiger partial charge in [-0.05, 0) is 48.5 Å². The largest absolute Gasteiger partial charge is 0.378 e. The zero-order chi connectivity index (χ0) is 30.2. The van der Waals surface area contributed by atoms with Gasteiger partial charge in [-0.25, -0.2) is 18.7 Å². The number of hydrogen-bond acceptors (Lipinski definition) is 9. The number of nitrogens with zero attached hydrogens (tertiary/aromatic N) is 6. The molecule has 0 aromatic carbocycles. The normalized spacial score (nSPS) is 15.2. The molecule has 43 heavy (non-hydrogen) atoms. The molecule has 0 radical (unpaired) electrons. The first-order valence-corrected chi connectivity index (χ1v) is 14.3. The summed E-state index contributed by atoms with van der Waals surface area (Å²) in [5.74, 6) is 1.55. The summed E-state index contributed by atoms with van der Waals surface area (Å²) in [6.45, 7) is 5.69. The van der Waals surface area contributed by atoms with Gasteiger partial charge >= 0.3 is 0 Å². The molecule has 9 nitrogen and oxygen atoms in total. The van der Waals surface area contributed by atoms with Gasteiger partial charge in [-0.15, -0.1) is 0 Å². The van der Waals surface area contributed by atoms with Crippen molar-refractivity contribution in [3.63, 3.8) is 0 Å². The molecule has 0 amide bonds. The van der Waals surface area contributed by atoms with Gasteiger partial charge < -0.3 is 19.3 Å². The standard InChI is InChI=1S/C15H14ClF2N3O.C15H14ClN3O2/c16-11-8-12(10-1-2-19-13(7-10)15(17)18)20-14(9-11)21-3-5-22-6-4-21;16-12-8-14(11-1-2-17-13(7-11)10-20)18-15(9-12)19-3-5-21-6-4-19/h1-2,7-9,15H,3-6H2;1-2,7-10H,3-6H2. The van der Waals surface area contributed by atoms with Crippen LogP contribution in [0.25, 0.3) is 22.5 Å². The molecule has 6 heterocycles. The van der Waals surface area contributed by atoms with Crippen molar-refractivity contribution in [1.82, 2.24) is 19.9 Å². The van der Waals surface area contributed by atoms with Crippen LogP contribution < -0.4 is 9.80 Å². The Balaban J connectivity index is 0.000000171. The minimum Gasteiger partial charge on any atom is -0.378 e. The van der Waals surface area contributed by atoms with Crippen molar-refractivity contribution >= 4 is 41.1 Å². The molecule has 6 rings (SSSR count). The third-order valence-electron chi connectivity index (χ3n) is 6.72. The van der Waals surface area contributed by atoms with Gasteiger partial charge in [0.15, 0.2) is 6.29 Å². The van der Waals surface area contributed by atoms with Crippen molar-refractivity contribution in [2.45, 2.75) is 6.43 Å². The quantitative estimate of drug-likeness (QED) is 0.238. The molecule has 2 aliphatic rings. The number of rotatable bonds is 6. The molecule has 0 aliphatic carbocycles. The Morgan fingerprint density at radius 2 is 1.21 bits per heavy atom. The summed E-state index contributed by atoms with van der Waals surface area (Å²) >= 11 is 12.4. The highest BCUT2D eigenvalue weighted by Gasteiger charge is 2.17. The Morgan fingerprint density at radius 1 is 0.721 bits per heavy atom. The van der Waals surface area contributed by atoms with Crippen LogP contribution in [0.4, 0.5) is 20.4 Å². The van der Waals surface area contributed by atoms with Gasteiger partial charge in [-0.3, -0.25) is 14.8 Å². The van der Waals surface area contributed by atoms with E-state index >= 15 is 0 Å². The number of anilines is 2. The van der Waals surface area contributed by atoms with Crippen LogP contribution in [0, 0.1) is 0 Å². The Morgan fingerprint density at radius 3 is 1.70 bits per heavy atom. The fraction of sp³-hybridized carbons (Fsp3) is 0.300. The molecule has 224 valence electrons. The Bertz CT molecular complexity index is 1550. The van der Waals surface area contributed by atoms with Crippen LogP contribution in [0.2, 0.25) is 10.0 Å². The molecular formula is C30H28Cl2F2N6O3. The van der Waals surface area contributed by atoms with Crippen molar-refractivity contribution in [3.05, 3.63) is 82.4 Å². The Hall–Kier alpha value is -3.77. The Kier molecular flexibility index (Phi) is 10.4. The predicted molar refractivity (Wildman–Crippen MR) is 161 cm³/mol. The molecular weight excluding hydrogens is 601 g/mol. The maximum absolute atomic E-state index is 12.8. The molecule has 4 aromatic rings. The third kappa shape index (κ3) is 8.20. The maximum Gasteiger partial charge on any atom is 0.280 e. The van der Waals surface area contributed by atoms with Crippen LogP contribution in [0.5, 0.6) is 0 Å². The molecule has 4 aromatic heterocycles. The third-order valence-corrected chi connectivity index (χ3v) is 7.16. The zero-order valence-electron chi connectivity index (χ0n) is 23.0. The summed E-state index contributed by atoms with van der Waals surface area (Å²) in [5, 5.41) is 1.13. The van der Waals surface area contributed by atoms with E-state index in [9.17, 15) is 13.6 Å². The second kappa shape index (κ2) is 14.6. The molecule has 13 heteroatoms. The molecule has 2 aliphatic heterocycles. The fourth-order valence-corrected chi connectivity index (χ4v) is 4.97. The number of pyridine rings is 4. The van der Waals surface area contributed by atoms with E-state index in [1.54, 1.807) is 36.5 Å². The van der Waals surface area contributed by atoms with Gasteiger partial charge in [0, 0.05) is 59.7 Å². The van der Waals surface area contributed by atoms with E-state index in [2.05, 4.69) is 29.7 Å². The Labute approximate surface area is 257 Å². The molecule has 2 saturated heterocycles. The number of carbonyl (C=O) groups excluding carboxylic acids is 1. The number of hydrogen-bond donors (Lipinski definition) is 0. The van der Waals surface area contributed by atoms with E-state index < -0.39 is 6.43 Å². The van der Waals surface area contributed by atoms with Crippen LogP contribution in [-0.2, 0) is 9.47 Å². The smallest absolute Gasteiger partial charge is 0.280 e. The van der Waals surface area contributed by atoms with E-state index in [-0.39, 0.29) is 5.69 Å². The van der Waals surface area contributed by atoms with E-state index in [1.807, 2.05) is 12.1 Å². The summed E-state index contributed by atoms with van der Waals surface area (Å²) < 4.78 is 36.2. The average Bonchev–Trinajstić information content (AvgIpc) is 3.05. The lowest BCUT2D eigenvalue weighted by Gasteiger charge is -2.28. The molecule has 0 atom stereocenters. The monoisotopic (exact) mass is 628 g/mol. The lowest BCUT2D eigenvalue weighted by Crippen LogP contribution is -2.36. The highest BCUT2D eigenvalue weighted by Crippen LogP contribution is 2.29. The zero-order valence-corrected chi connectivity index (χ0v) is 24.5. The summed E-state index contributed by atoms with van der Waals surface area (Å²) in [6.07, 6.45) is 1.05. The molecule has 0 spiro atoms. The first-order valence-electron chi connectivity index (χ1n) is 13.6. The SMILES string of the molecule is FC(F)c1cc(-c2cc(Cl)cc(N3CCOCC3)n2)ccn1.O=Cc1cc(-c2cc(Cl)cc(N3CCOCC3)n2)ccn1. The second-order valence-corrected chi connectivity index (χ2v) is 10.5. The van der Waals surface area contributed by atoms with Crippen LogP contribution in [0.15, 0.2) is 60.9 Å². The van der Waals surface area contributed by atoms with E-state index in [4.69, 9.17) is 32.7 Å². The summed E-state index contributed by atoms with van der Waals surface area (Å²) in [5.41, 5.74) is 2.79. The second-order valence-electron chi connectivity index (χ2n) is 9.61. The van der Waals surface area contributed by atoms with Crippen LogP contribution in [0.1, 0.15) is 22.6 Å². The van der Waals surface area contributed by atoms with Crippen molar-refractivity contribution in [3.8, 4) is 22.5 Å².